The lowest BCUT2D eigenvalue weighted by molar-refractivity contribution is 0.474. The molecular weight excluding hydrogens is 280 g/mol. The lowest BCUT2D eigenvalue weighted by atomic mass is 10.4. The molecule has 0 bridgehead atoms. The molecule has 0 saturated heterocycles. The van der Waals surface area contributed by atoms with Gasteiger partial charge in [-0.15, -0.1) is 24.5 Å². The first-order chi connectivity index (χ1) is 9.06. The fourth-order valence-corrected chi connectivity index (χ4v) is 4.16. The Morgan fingerprint density at radius 3 is 2.53 bits per heavy atom. The molecule has 19 heavy (non-hydrogen) atoms. The summed E-state index contributed by atoms with van der Waals surface area (Å²) in [5.74, 6) is 0. The van der Waals surface area contributed by atoms with E-state index < -0.39 is 10.0 Å². The molecule has 1 rings (SSSR count). The fourth-order valence-electron chi connectivity index (χ4n) is 1.54. The molecule has 1 aromatic heterocycles. The van der Waals surface area contributed by atoms with E-state index in [9.17, 15) is 8.42 Å². The Morgan fingerprint density at radius 2 is 2.00 bits per heavy atom. The van der Waals surface area contributed by atoms with E-state index in [1.165, 1.54) is 15.6 Å². The Labute approximate surface area is 119 Å². The molecule has 0 radical (unpaired) electrons. The molecule has 4 nitrogen and oxygen atoms in total. The van der Waals surface area contributed by atoms with Crippen molar-refractivity contribution in [1.82, 2.24) is 9.62 Å². The van der Waals surface area contributed by atoms with Gasteiger partial charge in [0.05, 0.1) is 4.90 Å². The van der Waals surface area contributed by atoms with Gasteiger partial charge in [-0.3, -0.25) is 0 Å². The maximum absolute atomic E-state index is 12.4. The quantitative estimate of drug-likeness (QED) is 0.711. The van der Waals surface area contributed by atoms with Gasteiger partial charge in [-0.25, -0.2) is 8.42 Å². The number of thiophene rings is 1. The average Bonchev–Trinajstić information content (AvgIpc) is 2.85. The first-order valence-electron chi connectivity index (χ1n) is 6.06. The predicted molar refractivity (Wildman–Crippen MR) is 80.9 cm³/mol. The maximum atomic E-state index is 12.4. The standard InChI is InChI=1S/C13H20N2O2S2/c1-4-7-15(8-5-2)19(16,17)13-9-12(18-11-13)10-14-6-3/h4-5,9,11,14H,1-2,6-8,10H2,3H3. The molecule has 0 spiro atoms. The lowest BCUT2D eigenvalue weighted by Gasteiger charge is -2.17. The van der Waals surface area contributed by atoms with Gasteiger partial charge in [-0.05, 0) is 12.6 Å². The van der Waals surface area contributed by atoms with Crippen LogP contribution in [0, 0.1) is 0 Å². The van der Waals surface area contributed by atoms with Gasteiger partial charge in [-0.2, -0.15) is 4.31 Å². The van der Waals surface area contributed by atoms with E-state index in [0.29, 0.717) is 11.4 Å². The minimum absolute atomic E-state index is 0.284. The molecule has 0 aliphatic rings. The van der Waals surface area contributed by atoms with Crippen molar-refractivity contribution in [2.45, 2.75) is 18.4 Å². The van der Waals surface area contributed by atoms with Crippen molar-refractivity contribution in [1.29, 1.82) is 0 Å². The molecule has 0 atom stereocenters. The summed E-state index contributed by atoms with van der Waals surface area (Å²) in [6, 6.07) is 1.72. The summed E-state index contributed by atoms with van der Waals surface area (Å²) in [5.41, 5.74) is 0. The number of hydrogen-bond acceptors (Lipinski definition) is 4. The van der Waals surface area contributed by atoms with E-state index >= 15 is 0 Å². The molecule has 1 N–H and O–H groups in total. The third-order valence-electron chi connectivity index (χ3n) is 2.48. The largest absolute Gasteiger partial charge is 0.312 e. The molecular formula is C13H20N2O2S2. The van der Waals surface area contributed by atoms with E-state index in [4.69, 9.17) is 0 Å². The van der Waals surface area contributed by atoms with Gasteiger partial charge in [-0.1, -0.05) is 19.1 Å². The van der Waals surface area contributed by atoms with Crippen LogP contribution in [-0.2, 0) is 16.6 Å². The van der Waals surface area contributed by atoms with Crippen molar-refractivity contribution in [3.63, 3.8) is 0 Å². The third kappa shape index (κ3) is 4.28. The Hall–Kier alpha value is -0.950. The second-order valence-corrected chi connectivity index (χ2v) is 6.86. The summed E-state index contributed by atoms with van der Waals surface area (Å²) >= 11 is 1.45. The summed E-state index contributed by atoms with van der Waals surface area (Å²) in [7, 11) is -3.46. The number of rotatable bonds is 9. The topological polar surface area (TPSA) is 49.4 Å². The Bertz CT molecular complexity index is 511. The highest BCUT2D eigenvalue weighted by Gasteiger charge is 2.23. The minimum atomic E-state index is -3.46. The highest BCUT2D eigenvalue weighted by Crippen LogP contribution is 2.22. The summed E-state index contributed by atoms with van der Waals surface area (Å²) in [4.78, 5) is 1.35. The van der Waals surface area contributed by atoms with Gasteiger partial charge < -0.3 is 5.32 Å². The van der Waals surface area contributed by atoms with Crippen LogP contribution in [0.4, 0.5) is 0 Å². The molecule has 6 heteroatoms. The third-order valence-corrected chi connectivity index (χ3v) is 5.38. The van der Waals surface area contributed by atoms with Crippen molar-refractivity contribution >= 4 is 21.4 Å². The van der Waals surface area contributed by atoms with E-state index in [-0.39, 0.29) is 13.1 Å². The van der Waals surface area contributed by atoms with E-state index in [2.05, 4.69) is 18.5 Å². The Balaban J connectivity index is 2.93. The average molecular weight is 300 g/mol. The van der Waals surface area contributed by atoms with Gasteiger partial charge in [0.25, 0.3) is 0 Å². The van der Waals surface area contributed by atoms with Gasteiger partial charge in [0, 0.05) is 29.9 Å². The predicted octanol–water partition coefficient (Wildman–Crippen LogP) is 2.22. The molecule has 0 aliphatic carbocycles. The normalized spacial score (nSPS) is 11.7. The van der Waals surface area contributed by atoms with E-state index in [0.717, 1.165) is 11.4 Å². The summed E-state index contributed by atoms with van der Waals surface area (Å²) in [5, 5.41) is 4.86. The van der Waals surface area contributed by atoms with Crippen molar-refractivity contribution in [3.8, 4) is 0 Å². The SMILES string of the molecule is C=CCN(CC=C)S(=O)(=O)c1csc(CNCC)c1. The first-order valence-corrected chi connectivity index (χ1v) is 8.38. The zero-order chi connectivity index (χ0) is 14.3. The number of sulfonamides is 1. The number of hydrogen-bond donors (Lipinski definition) is 1. The van der Waals surface area contributed by atoms with Gasteiger partial charge in [0.1, 0.15) is 0 Å². The Morgan fingerprint density at radius 1 is 1.37 bits per heavy atom. The van der Waals surface area contributed by atoms with Crippen LogP contribution < -0.4 is 5.32 Å². The van der Waals surface area contributed by atoms with Crippen LogP contribution in [0.25, 0.3) is 0 Å². The molecule has 0 fully saturated rings. The molecule has 0 aromatic carbocycles. The van der Waals surface area contributed by atoms with Crippen LogP contribution in [-0.4, -0.2) is 32.4 Å². The van der Waals surface area contributed by atoms with E-state index in [1.54, 1.807) is 23.6 Å². The fraction of sp³-hybridized carbons (Fsp3) is 0.385. The molecule has 1 aromatic rings. The molecule has 0 saturated carbocycles. The van der Waals surface area contributed by atoms with Crippen LogP contribution in [0.2, 0.25) is 0 Å². The zero-order valence-electron chi connectivity index (χ0n) is 11.1. The van der Waals surface area contributed by atoms with Crippen LogP contribution in [0.15, 0.2) is 41.7 Å². The second kappa shape index (κ2) is 7.59. The first kappa shape index (κ1) is 16.1. The van der Waals surface area contributed by atoms with Gasteiger partial charge in [0.2, 0.25) is 10.0 Å². The smallest absolute Gasteiger partial charge is 0.244 e. The monoisotopic (exact) mass is 300 g/mol. The van der Waals surface area contributed by atoms with Crippen molar-refractivity contribution in [2.24, 2.45) is 0 Å². The van der Waals surface area contributed by atoms with Crippen LogP contribution >= 0.6 is 11.3 Å². The lowest BCUT2D eigenvalue weighted by Crippen LogP contribution is -2.31. The van der Waals surface area contributed by atoms with Crippen molar-refractivity contribution in [2.75, 3.05) is 19.6 Å². The minimum Gasteiger partial charge on any atom is -0.312 e. The zero-order valence-corrected chi connectivity index (χ0v) is 12.8. The molecule has 1 heterocycles. The number of nitrogens with zero attached hydrogens (tertiary/aromatic N) is 1. The molecule has 0 unspecified atom stereocenters. The number of nitrogens with one attached hydrogen (secondary N) is 1. The summed E-state index contributed by atoms with van der Waals surface area (Å²) in [6.45, 7) is 11.3. The second-order valence-electron chi connectivity index (χ2n) is 3.93. The maximum Gasteiger partial charge on any atom is 0.244 e. The molecule has 0 amide bonds. The summed E-state index contributed by atoms with van der Waals surface area (Å²) in [6.07, 6.45) is 3.15. The molecule has 106 valence electrons. The van der Waals surface area contributed by atoms with Gasteiger partial charge in [0.15, 0.2) is 0 Å². The highest BCUT2D eigenvalue weighted by atomic mass is 32.2. The van der Waals surface area contributed by atoms with Gasteiger partial charge >= 0.3 is 0 Å². The summed E-state index contributed by atoms with van der Waals surface area (Å²) < 4.78 is 26.2. The van der Waals surface area contributed by atoms with Crippen molar-refractivity contribution < 1.29 is 8.42 Å². The molecule has 0 aliphatic heterocycles. The van der Waals surface area contributed by atoms with Crippen molar-refractivity contribution in [3.05, 3.63) is 41.6 Å². The van der Waals surface area contributed by atoms with Crippen LogP contribution in [0.5, 0.6) is 0 Å². The highest BCUT2D eigenvalue weighted by molar-refractivity contribution is 7.89. The van der Waals surface area contributed by atoms with E-state index in [1.807, 2.05) is 6.92 Å². The van der Waals surface area contributed by atoms with Crippen LogP contribution in [0.1, 0.15) is 11.8 Å². The van der Waals surface area contributed by atoms with Crippen LogP contribution in [0.3, 0.4) is 0 Å². The Kier molecular flexibility index (Phi) is 6.44.